The highest BCUT2D eigenvalue weighted by atomic mass is 32.1. The number of carbonyl (C=O) groups excluding carboxylic acids is 1. The first-order valence-electron chi connectivity index (χ1n) is 9.06. The first kappa shape index (κ1) is 18.8. The van der Waals surface area contributed by atoms with Crippen molar-refractivity contribution in [3.05, 3.63) is 38.9 Å². The second-order valence-electron chi connectivity index (χ2n) is 6.99. The Labute approximate surface area is 157 Å². The highest BCUT2D eigenvalue weighted by Gasteiger charge is 2.22. The van der Waals surface area contributed by atoms with Crippen LogP contribution in [0.4, 0.5) is 0 Å². The maximum absolute atomic E-state index is 12.8. The maximum atomic E-state index is 12.8. The number of aromatic nitrogens is 2. The molecule has 1 N–H and O–H groups in total. The van der Waals surface area contributed by atoms with Gasteiger partial charge in [-0.15, -0.1) is 0 Å². The number of likely N-dealkylation sites (tertiary alicyclic amines) is 1. The van der Waals surface area contributed by atoms with Crippen molar-refractivity contribution in [3.8, 4) is 0 Å². The molecular formula is C19H25N3O3S. The molecule has 0 spiro atoms. The van der Waals surface area contributed by atoms with E-state index < -0.39 is 0 Å². The summed E-state index contributed by atoms with van der Waals surface area (Å²) in [5.41, 5.74) is 1.07. The van der Waals surface area contributed by atoms with Crippen LogP contribution in [-0.2, 0) is 11.3 Å². The fourth-order valence-electron chi connectivity index (χ4n) is 3.51. The normalized spacial score (nSPS) is 17.6. The highest BCUT2D eigenvalue weighted by molar-refractivity contribution is 7.71. The van der Waals surface area contributed by atoms with E-state index in [2.05, 4.69) is 11.9 Å². The Hall–Kier alpha value is -1.99. The van der Waals surface area contributed by atoms with E-state index in [0.717, 1.165) is 25.9 Å². The summed E-state index contributed by atoms with van der Waals surface area (Å²) in [4.78, 5) is 30.5. The molecule has 2 heterocycles. The smallest absolute Gasteiger partial charge is 0.262 e. The molecule has 0 radical (unpaired) electrons. The number of nitrogens with one attached hydrogen (secondary N) is 1. The average molecular weight is 375 g/mol. The zero-order chi connectivity index (χ0) is 18.7. The standard InChI is InChI=1S/C19H25N3O3S/c1-13-5-3-8-21(12-13)17(23)14-6-7-15-16(11-14)20-19(26)22(18(15)24)9-4-10-25-2/h6-7,11,13H,3-5,8-10,12H2,1-2H3,(H,20,26). The van der Waals surface area contributed by atoms with Gasteiger partial charge in [-0.05, 0) is 55.6 Å². The van der Waals surface area contributed by atoms with Gasteiger partial charge in [-0.3, -0.25) is 14.2 Å². The fourth-order valence-corrected chi connectivity index (χ4v) is 3.80. The number of hydrogen-bond donors (Lipinski definition) is 1. The summed E-state index contributed by atoms with van der Waals surface area (Å²) in [7, 11) is 1.63. The van der Waals surface area contributed by atoms with Crippen LogP contribution in [0.5, 0.6) is 0 Å². The van der Waals surface area contributed by atoms with Gasteiger partial charge in [0.05, 0.1) is 10.9 Å². The Morgan fingerprint density at radius 2 is 2.23 bits per heavy atom. The minimum Gasteiger partial charge on any atom is -0.385 e. The molecule has 1 unspecified atom stereocenters. The van der Waals surface area contributed by atoms with Gasteiger partial charge in [0.2, 0.25) is 0 Å². The predicted octanol–water partition coefficient (Wildman–Crippen LogP) is 2.97. The molecule has 140 valence electrons. The topological polar surface area (TPSA) is 67.3 Å². The summed E-state index contributed by atoms with van der Waals surface area (Å²) >= 11 is 5.34. The van der Waals surface area contributed by atoms with Crippen LogP contribution in [0.2, 0.25) is 0 Å². The number of nitrogens with zero attached hydrogens (tertiary/aromatic N) is 2. The molecule has 1 fully saturated rings. The lowest BCUT2D eigenvalue weighted by molar-refractivity contribution is 0.0683. The number of ether oxygens (including phenoxy) is 1. The van der Waals surface area contributed by atoms with Gasteiger partial charge in [0, 0.05) is 38.9 Å². The minimum absolute atomic E-state index is 0.0158. The van der Waals surface area contributed by atoms with E-state index >= 15 is 0 Å². The van der Waals surface area contributed by atoms with E-state index in [1.54, 1.807) is 29.9 Å². The van der Waals surface area contributed by atoms with Crippen LogP contribution in [-0.4, -0.2) is 47.2 Å². The van der Waals surface area contributed by atoms with E-state index in [0.29, 0.717) is 46.7 Å². The molecule has 7 heteroatoms. The van der Waals surface area contributed by atoms with Crippen LogP contribution in [0, 0.1) is 10.7 Å². The Balaban J connectivity index is 1.92. The summed E-state index contributed by atoms with van der Waals surface area (Å²) in [6.07, 6.45) is 2.91. The van der Waals surface area contributed by atoms with Gasteiger partial charge in [-0.25, -0.2) is 0 Å². The molecule has 1 amide bonds. The van der Waals surface area contributed by atoms with Crippen LogP contribution >= 0.6 is 12.2 Å². The van der Waals surface area contributed by atoms with Crippen LogP contribution in [0.15, 0.2) is 23.0 Å². The molecule has 1 aromatic heterocycles. The van der Waals surface area contributed by atoms with Crippen molar-refractivity contribution in [1.82, 2.24) is 14.5 Å². The van der Waals surface area contributed by atoms with Gasteiger partial charge in [-0.2, -0.15) is 0 Å². The van der Waals surface area contributed by atoms with Crippen molar-refractivity contribution in [1.29, 1.82) is 0 Å². The SMILES string of the molecule is COCCCn1c(=S)[nH]c2cc(C(=O)N3CCCC(C)C3)ccc2c1=O. The average Bonchev–Trinajstić information content (AvgIpc) is 2.63. The molecule has 3 rings (SSSR count). The monoisotopic (exact) mass is 375 g/mol. The van der Waals surface area contributed by atoms with Crippen LogP contribution in [0.1, 0.15) is 36.5 Å². The lowest BCUT2D eigenvalue weighted by atomic mass is 9.99. The van der Waals surface area contributed by atoms with Gasteiger partial charge < -0.3 is 14.6 Å². The van der Waals surface area contributed by atoms with Gasteiger partial charge in [0.15, 0.2) is 4.77 Å². The zero-order valence-corrected chi connectivity index (χ0v) is 16.1. The predicted molar refractivity (Wildman–Crippen MR) is 104 cm³/mol. The molecular weight excluding hydrogens is 350 g/mol. The summed E-state index contributed by atoms with van der Waals surface area (Å²) in [6.45, 7) is 4.82. The fraction of sp³-hybridized carbons (Fsp3) is 0.526. The molecule has 26 heavy (non-hydrogen) atoms. The van der Waals surface area contributed by atoms with Gasteiger partial charge >= 0.3 is 0 Å². The quantitative estimate of drug-likeness (QED) is 0.644. The lowest BCUT2D eigenvalue weighted by Gasteiger charge is -2.31. The van der Waals surface area contributed by atoms with Crippen molar-refractivity contribution >= 4 is 29.0 Å². The molecule has 0 saturated carbocycles. The van der Waals surface area contributed by atoms with Gasteiger partial charge in [0.1, 0.15) is 0 Å². The summed E-state index contributed by atoms with van der Waals surface area (Å²) in [5.74, 6) is 0.542. The number of methoxy groups -OCH3 is 1. The number of piperidine rings is 1. The molecule has 1 aliphatic rings. The second kappa shape index (κ2) is 8.14. The molecule has 0 bridgehead atoms. The van der Waals surface area contributed by atoms with Crippen LogP contribution < -0.4 is 5.56 Å². The van der Waals surface area contributed by atoms with Crippen LogP contribution in [0.3, 0.4) is 0 Å². The number of hydrogen-bond acceptors (Lipinski definition) is 4. The third-order valence-corrected chi connectivity index (χ3v) is 5.23. The van der Waals surface area contributed by atoms with Crippen LogP contribution in [0.25, 0.3) is 10.9 Å². The summed E-state index contributed by atoms with van der Waals surface area (Å²) < 4.78 is 6.95. The number of H-pyrrole nitrogens is 1. The third-order valence-electron chi connectivity index (χ3n) is 4.90. The summed E-state index contributed by atoms with van der Waals surface area (Å²) in [5, 5.41) is 0.541. The summed E-state index contributed by atoms with van der Waals surface area (Å²) in [6, 6.07) is 5.20. The van der Waals surface area contributed by atoms with Crippen molar-refractivity contribution < 1.29 is 9.53 Å². The Kier molecular flexibility index (Phi) is 5.88. The van der Waals surface area contributed by atoms with Gasteiger partial charge in [-0.1, -0.05) is 6.92 Å². The molecule has 2 aromatic rings. The lowest BCUT2D eigenvalue weighted by Crippen LogP contribution is -2.39. The van der Waals surface area contributed by atoms with Gasteiger partial charge in [0.25, 0.3) is 11.5 Å². The molecule has 6 nitrogen and oxygen atoms in total. The molecule has 1 saturated heterocycles. The van der Waals surface area contributed by atoms with Crippen molar-refractivity contribution in [2.75, 3.05) is 26.8 Å². The van der Waals surface area contributed by atoms with Crippen molar-refractivity contribution in [2.45, 2.75) is 32.7 Å². The molecule has 1 atom stereocenters. The largest absolute Gasteiger partial charge is 0.385 e. The van der Waals surface area contributed by atoms with E-state index in [1.807, 2.05) is 4.90 Å². The first-order chi connectivity index (χ1) is 12.5. The number of amides is 1. The van der Waals surface area contributed by atoms with E-state index in [-0.39, 0.29) is 11.5 Å². The maximum Gasteiger partial charge on any atom is 0.262 e. The Bertz CT molecular complexity index is 918. The number of aromatic amines is 1. The van der Waals surface area contributed by atoms with Crippen molar-refractivity contribution in [2.24, 2.45) is 5.92 Å². The Morgan fingerprint density at radius 3 is 2.96 bits per heavy atom. The highest BCUT2D eigenvalue weighted by Crippen LogP contribution is 2.19. The second-order valence-corrected chi connectivity index (χ2v) is 7.38. The minimum atomic E-state index is -0.134. The van der Waals surface area contributed by atoms with E-state index in [1.165, 1.54) is 0 Å². The van der Waals surface area contributed by atoms with E-state index in [9.17, 15) is 9.59 Å². The number of fused-ring (bicyclic) bond motifs is 1. The van der Waals surface area contributed by atoms with E-state index in [4.69, 9.17) is 17.0 Å². The Morgan fingerprint density at radius 1 is 1.42 bits per heavy atom. The number of carbonyl (C=O) groups is 1. The molecule has 1 aliphatic heterocycles. The molecule has 1 aromatic carbocycles. The number of benzene rings is 1. The zero-order valence-electron chi connectivity index (χ0n) is 15.3. The first-order valence-corrected chi connectivity index (χ1v) is 9.47. The molecule has 0 aliphatic carbocycles. The van der Waals surface area contributed by atoms with Crippen molar-refractivity contribution in [3.63, 3.8) is 0 Å². The number of rotatable bonds is 5. The third kappa shape index (κ3) is 3.88.